The number of hydrogen-bond acceptors (Lipinski definition) is 5. The second-order valence-corrected chi connectivity index (χ2v) is 8.83. The lowest BCUT2D eigenvalue weighted by molar-refractivity contribution is -0.143. The standard InChI is InChI=1S/C24H29NO6/c1-13-20(11-10-18-17-4-3-5-19(17)24(29)31-21(13)18)30-14(2)22(26)25-12-15-6-8-16(9-7-15)23(27)28/h10-11,14-16H,3-9,12H2,1-2H3,(H,25,26)(H,27,28). The summed E-state index contributed by atoms with van der Waals surface area (Å²) in [6.45, 7) is 4.06. The highest BCUT2D eigenvalue weighted by atomic mass is 16.5. The number of ether oxygens (including phenoxy) is 1. The van der Waals surface area contributed by atoms with Crippen molar-refractivity contribution in [1.29, 1.82) is 0 Å². The summed E-state index contributed by atoms with van der Waals surface area (Å²) in [7, 11) is 0. The van der Waals surface area contributed by atoms with Gasteiger partial charge in [-0.1, -0.05) is 0 Å². The Bertz CT molecular complexity index is 1060. The lowest BCUT2D eigenvalue weighted by atomic mass is 9.82. The molecule has 1 atom stereocenters. The molecule has 0 aliphatic heterocycles. The summed E-state index contributed by atoms with van der Waals surface area (Å²) in [4.78, 5) is 35.9. The Kier molecular flexibility index (Phi) is 6.03. The van der Waals surface area contributed by atoms with Gasteiger partial charge in [0.05, 0.1) is 5.92 Å². The lowest BCUT2D eigenvalue weighted by Crippen LogP contribution is -2.39. The average Bonchev–Trinajstić information content (AvgIpc) is 3.25. The van der Waals surface area contributed by atoms with Crippen molar-refractivity contribution in [2.45, 2.75) is 64.9 Å². The van der Waals surface area contributed by atoms with Crippen LogP contribution in [0.2, 0.25) is 0 Å². The van der Waals surface area contributed by atoms with Gasteiger partial charge in [-0.2, -0.15) is 0 Å². The molecule has 2 aliphatic carbocycles. The third-order valence-corrected chi connectivity index (χ3v) is 6.77. The number of carbonyl (C=O) groups excluding carboxylic acids is 1. The monoisotopic (exact) mass is 427 g/mol. The molecule has 1 fully saturated rings. The molecule has 4 rings (SSSR count). The van der Waals surface area contributed by atoms with Crippen molar-refractivity contribution in [1.82, 2.24) is 5.32 Å². The van der Waals surface area contributed by atoms with E-state index in [1.807, 2.05) is 19.1 Å². The number of nitrogens with one attached hydrogen (secondary N) is 1. The van der Waals surface area contributed by atoms with Crippen molar-refractivity contribution in [2.24, 2.45) is 11.8 Å². The number of aryl methyl sites for hydroxylation is 2. The Balaban J connectivity index is 1.39. The van der Waals surface area contributed by atoms with Crippen molar-refractivity contribution < 1.29 is 23.8 Å². The van der Waals surface area contributed by atoms with Crippen molar-refractivity contribution in [2.75, 3.05) is 6.54 Å². The van der Waals surface area contributed by atoms with Gasteiger partial charge < -0.3 is 19.6 Å². The normalized spacial score (nSPS) is 21.5. The molecule has 166 valence electrons. The molecule has 0 saturated heterocycles. The average molecular weight is 427 g/mol. The molecule has 2 N–H and O–H groups in total. The summed E-state index contributed by atoms with van der Waals surface area (Å²) in [5, 5.41) is 13.0. The van der Waals surface area contributed by atoms with Crippen LogP contribution in [0.5, 0.6) is 5.75 Å². The minimum absolute atomic E-state index is 0.213. The molecule has 7 heteroatoms. The van der Waals surface area contributed by atoms with E-state index in [0.29, 0.717) is 36.6 Å². The van der Waals surface area contributed by atoms with E-state index in [4.69, 9.17) is 14.3 Å². The van der Waals surface area contributed by atoms with Crippen molar-refractivity contribution in [3.8, 4) is 5.75 Å². The molecule has 1 saturated carbocycles. The minimum atomic E-state index is -0.726. The first-order valence-corrected chi connectivity index (χ1v) is 11.1. The Morgan fingerprint density at radius 3 is 2.61 bits per heavy atom. The summed E-state index contributed by atoms with van der Waals surface area (Å²) < 4.78 is 11.5. The molecule has 31 heavy (non-hydrogen) atoms. The molecule has 2 aromatic rings. The SMILES string of the molecule is Cc1c(OC(C)C(=O)NCC2CCC(C(=O)O)CC2)ccc2c3c(c(=O)oc12)CCC3. The summed E-state index contributed by atoms with van der Waals surface area (Å²) in [6, 6.07) is 3.75. The number of benzene rings is 1. The number of fused-ring (bicyclic) bond motifs is 3. The second-order valence-electron chi connectivity index (χ2n) is 8.83. The van der Waals surface area contributed by atoms with Crippen LogP contribution in [-0.4, -0.2) is 29.6 Å². The van der Waals surface area contributed by atoms with E-state index in [0.717, 1.165) is 54.2 Å². The second kappa shape index (κ2) is 8.73. The van der Waals surface area contributed by atoms with Crippen LogP contribution in [0.15, 0.2) is 21.3 Å². The van der Waals surface area contributed by atoms with Crippen molar-refractivity contribution >= 4 is 22.8 Å². The summed E-state index contributed by atoms with van der Waals surface area (Å²) in [5.41, 5.74) is 2.83. The van der Waals surface area contributed by atoms with Gasteiger partial charge >= 0.3 is 11.6 Å². The van der Waals surface area contributed by atoms with Gasteiger partial charge in [-0.3, -0.25) is 9.59 Å². The molecule has 0 bridgehead atoms. The first-order chi connectivity index (χ1) is 14.8. The number of carboxylic acid groups (broad SMARTS) is 1. The number of carbonyl (C=O) groups is 2. The zero-order valence-corrected chi connectivity index (χ0v) is 18.0. The molecule has 1 heterocycles. The maximum absolute atomic E-state index is 12.5. The number of amides is 1. The predicted molar refractivity (Wildman–Crippen MR) is 115 cm³/mol. The molecule has 1 aromatic carbocycles. The molecule has 1 amide bonds. The number of carboxylic acids is 1. The largest absolute Gasteiger partial charge is 0.481 e. The van der Waals surface area contributed by atoms with Crippen LogP contribution in [0.4, 0.5) is 0 Å². The number of aliphatic carboxylic acids is 1. The van der Waals surface area contributed by atoms with Gasteiger partial charge in [-0.25, -0.2) is 4.79 Å². The third-order valence-electron chi connectivity index (χ3n) is 6.77. The fourth-order valence-electron chi connectivity index (χ4n) is 4.84. The maximum atomic E-state index is 12.5. The van der Waals surface area contributed by atoms with Gasteiger partial charge in [-0.15, -0.1) is 0 Å². The van der Waals surface area contributed by atoms with Crippen molar-refractivity contribution in [3.63, 3.8) is 0 Å². The van der Waals surface area contributed by atoms with Gasteiger partial charge in [0.1, 0.15) is 11.3 Å². The van der Waals surface area contributed by atoms with Crippen LogP contribution in [0.3, 0.4) is 0 Å². The van der Waals surface area contributed by atoms with Crippen LogP contribution < -0.4 is 15.7 Å². The van der Waals surface area contributed by atoms with E-state index in [9.17, 15) is 14.4 Å². The van der Waals surface area contributed by atoms with E-state index < -0.39 is 12.1 Å². The van der Waals surface area contributed by atoms with E-state index in [-0.39, 0.29) is 17.5 Å². The molecule has 7 nitrogen and oxygen atoms in total. The first kappa shape index (κ1) is 21.4. The van der Waals surface area contributed by atoms with Crippen LogP contribution >= 0.6 is 0 Å². The summed E-state index contributed by atoms with van der Waals surface area (Å²) >= 11 is 0. The van der Waals surface area contributed by atoms with E-state index in [1.165, 1.54) is 0 Å². The van der Waals surface area contributed by atoms with E-state index in [1.54, 1.807) is 6.92 Å². The van der Waals surface area contributed by atoms with Crippen molar-refractivity contribution in [3.05, 3.63) is 39.2 Å². The van der Waals surface area contributed by atoms with Crippen LogP contribution in [0, 0.1) is 18.8 Å². The van der Waals surface area contributed by atoms with E-state index in [2.05, 4.69) is 5.32 Å². The molecular weight excluding hydrogens is 398 g/mol. The fraction of sp³-hybridized carbons (Fsp3) is 0.542. The molecule has 1 aromatic heterocycles. The third kappa shape index (κ3) is 4.31. The van der Waals surface area contributed by atoms with Crippen LogP contribution in [0.1, 0.15) is 55.7 Å². The minimum Gasteiger partial charge on any atom is -0.481 e. The summed E-state index contributed by atoms with van der Waals surface area (Å²) in [6.07, 6.45) is 4.84. The zero-order chi connectivity index (χ0) is 22.1. The highest BCUT2D eigenvalue weighted by Gasteiger charge is 2.27. The van der Waals surface area contributed by atoms with Gasteiger partial charge in [-0.05, 0) is 82.4 Å². The smallest absolute Gasteiger partial charge is 0.339 e. The topological polar surface area (TPSA) is 106 Å². The van der Waals surface area contributed by atoms with Gasteiger partial charge in [0, 0.05) is 23.1 Å². The van der Waals surface area contributed by atoms with Crippen LogP contribution in [-0.2, 0) is 22.4 Å². The Morgan fingerprint density at radius 1 is 1.19 bits per heavy atom. The first-order valence-electron chi connectivity index (χ1n) is 11.1. The molecule has 0 spiro atoms. The molecule has 0 radical (unpaired) electrons. The molecule has 2 aliphatic rings. The zero-order valence-electron chi connectivity index (χ0n) is 18.0. The van der Waals surface area contributed by atoms with Gasteiger partial charge in [0.25, 0.3) is 5.91 Å². The Hall–Kier alpha value is -2.83. The molecular formula is C24H29NO6. The number of rotatable bonds is 6. The fourth-order valence-corrected chi connectivity index (χ4v) is 4.84. The Labute approximate surface area is 180 Å². The highest BCUT2D eigenvalue weighted by Crippen LogP contribution is 2.33. The maximum Gasteiger partial charge on any atom is 0.339 e. The van der Waals surface area contributed by atoms with E-state index >= 15 is 0 Å². The molecule has 1 unspecified atom stereocenters. The predicted octanol–water partition coefficient (Wildman–Crippen LogP) is 3.36. The van der Waals surface area contributed by atoms with Gasteiger partial charge in [0.15, 0.2) is 6.10 Å². The lowest BCUT2D eigenvalue weighted by Gasteiger charge is -2.26. The van der Waals surface area contributed by atoms with Crippen LogP contribution in [0.25, 0.3) is 11.0 Å². The highest BCUT2D eigenvalue weighted by molar-refractivity contribution is 5.86. The quantitative estimate of drug-likeness (QED) is 0.685. The number of hydrogen-bond donors (Lipinski definition) is 2. The summed E-state index contributed by atoms with van der Waals surface area (Å²) in [5.74, 6) is -0.374. The van der Waals surface area contributed by atoms with Gasteiger partial charge in [0.2, 0.25) is 0 Å². The Morgan fingerprint density at radius 2 is 1.90 bits per heavy atom.